The second-order valence-electron chi connectivity index (χ2n) is 4.34. The highest BCUT2D eigenvalue weighted by molar-refractivity contribution is 9.11. The summed E-state index contributed by atoms with van der Waals surface area (Å²) in [6, 6.07) is 8.06. The van der Waals surface area contributed by atoms with E-state index in [-0.39, 0.29) is 11.8 Å². The van der Waals surface area contributed by atoms with Gasteiger partial charge in [-0.2, -0.15) is 0 Å². The summed E-state index contributed by atoms with van der Waals surface area (Å²) in [7, 11) is 0. The van der Waals surface area contributed by atoms with Crippen molar-refractivity contribution < 1.29 is 4.79 Å². The predicted molar refractivity (Wildman–Crippen MR) is 79.3 cm³/mol. The zero-order valence-electron chi connectivity index (χ0n) is 10.0. The third-order valence-corrected chi connectivity index (χ3v) is 4.51. The van der Waals surface area contributed by atoms with Crippen LogP contribution in [0.1, 0.15) is 17.0 Å². The van der Waals surface area contributed by atoms with Crippen molar-refractivity contribution in [3.63, 3.8) is 0 Å². The number of hydrogen-bond donors (Lipinski definition) is 2. The largest absolute Gasteiger partial charge is 0.312 e. The second-order valence-corrected chi connectivity index (χ2v) is 6.75. The molecule has 0 saturated carbocycles. The van der Waals surface area contributed by atoms with Crippen LogP contribution in [0, 0.1) is 0 Å². The Morgan fingerprint density at radius 1 is 1.47 bits per heavy atom. The molecule has 98 valence electrons. The van der Waals surface area contributed by atoms with Crippen molar-refractivity contribution in [1.82, 2.24) is 10.3 Å². The molecule has 1 unspecified atom stereocenters. The molecule has 6 heteroatoms. The quantitative estimate of drug-likeness (QED) is 0.885. The summed E-state index contributed by atoms with van der Waals surface area (Å²) in [6.07, 6.45) is 1.69. The zero-order chi connectivity index (χ0) is 13.2. The third kappa shape index (κ3) is 2.70. The maximum absolute atomic E-state index is 12.3. The van der Waals surface area contributed by atoms with E-state index in [2.05, 4.69) is 37.6 Å². The SMILES string of the molecule is O=C(Nc1ncc(Br)s1)C1CNCc2ccccc21. The lowest BCUT2D eigenvalue weighted by Crippen LogP contribution is -2.35. The van der Waals surface area contributed by atoms with Gasteiger partial charge in [0.05, 0.1) is 15.9 Å². The Balaban J connectivity index is 1.81. The molecule has 0 spiro atoms. The lowest BCUT2D eigenvalue weighted by Gasteiger charge is -2.25. The average molecular weight is 338 g/mol. The Bertz CT molecular complexity index is 613. The molecule has 19 heavy (non-hydrogen) atoms. The van der Waals surface area contributed by atoms with Gasteiger partial charge in [-0.3, -0.25) is 4.79 Å². The predicted octanol–water partition coefficient (Wildman–Crippen LogP) is 2.73. The molecule has 1 aliphatic rings. The van der Waals surface area contributed by atoms with Crippen LogP contribution in [0.5, 0.6) is 0 Å². The van der Waals surface area contributed by atoms with E-state index in [1.807, 2.05) is 18.2 Å². The summed E-state index contributed by atoms with van der Waals surface area (Å²) in [6.45, 7) is 1.48. The number of benzene rings is 1. The number of carbonyl (C=O) groups is 1. The number of halogens is 1. The minimum atomic E-state index is -0.160. The molecule has 1 aromatic heterocycles. The number of carbonyl (C=O) groups excluding carboxylic acids is 1. The van der Waals surface area contributed by atoms with Gasteiger partial charge in [0.25, 0.3) is 0 Å². The smallest absolute Gasteiger partial charge is 0.235 e. The van der Waals surface area contributed by atoms with Gasteiger partial charge in [-0.1, -0.05) is 35.6 Å². The van der Waals surface area contributed by atoms with Crippen molar-refractivity contribution in [1.29, 1.82) is 0 Å². The molecule has 1 aliphatic heterocycles. The van der Waals surface area contributed by atoms with Crippen molar-refractivity contribution in [3.05, 3.63) is 45.4 Å². The molecule has 2 N–H and O–H groups in total. The molecule has 1 aromatic carbocycles. The van der Waals surface area contributed by atoms with Crippen molar-refractivity contribution in [2.24, 2.45) is 0 Å². The highest BCUT2D eigenvalue weighted by Crippen LogP contribution is 2.27. The normalized spacial score (nSPS) is 17.8. The van der Waals surface area contributed by atoms with Crippen molar-refractivity contribution in [2.75, 3.05) is 11.9 Å². The van der Waals surface area contributed by atoms with Crippen LogP contribution >= 0.6 is 27.3 Å². The number of anilines is 1. The van der Waals surface area contributed by atoms with E-state index in [0.29, 0.717) is 11.7 Å². The minimum absolute atomic E-state index is 0.0125. The first-order valence-corrected chi connectivity index (χ1v) is 7.55. The molecule has 0 fully saturated rings. The Morgan fingerprint density at radius 3 is 3.11 bits per heavy atom. The molecule has 2 heterocycles. The van der Waals surface area contributed by atoms with Crippen LogP contribution in [-0.2, 0) is 11.3 Å². The van der Waals surface area contributed by atoms with Gasteiger partial charge >= 0.3 is 0 Å². The van der Waals surface area contributed by atoms with Crippen LogP contribution in [0.25, 0.3) is 0 Å². The van der Waals surface area contributed by atoms with E-state index in [1.165, 1.54) is 16.9 Å². The maximum atomic E-state index is 12.3. The van der Waals surface area contributed by atoms with Gasteiger partial charge < -0.3 is 10.6 Å². The molecule has 2 aromatic rings. The van der Waals surface area contributed by atoms with Crippen LogP contribution < -0.4 is 10.6 Å². The van der Waals surface area contributed by atoms with Crippen LogP contribution in [0.15, 0.2) is 34.2 Å². The number of hydrogen-bond acceptors (Lipinski definition) is 4. The van der Waals surface area contributed by atoms with Crippen LogP contribution in [0.3, 0.4) is 0 Å². The minimum Gasteiger partial charge on any atom is -0.312 e. The molecule has 4 nitrogen and oxygen atoms in total. The first-order chi connectivity index (χ1) is 9.24. The monoisotopic (exact) mass is 337 g/mol. The molecule has 0 radical (unpaired) electrons. The number of rotatable bonds is 2. The number of amides is 1. The van der Waals surface area contributed by atoms with Gasteiger partial charge in [-0.25, -0.2) is 4.98 Å². The summed E-state index contributed by atoms with van der Waals surface area (Å²) in [5.41, 5.74) is 2.29. The van der Waals surface area contributed by atoms with E-state index in [0.717, 1.165) is 15.9 Å². The van der Waals surface area contributed by atoms with E-state index < -0.39 is 0 Å². The Labute approximate surface area is 123 Å². The standard InChI is InChI=1S/C13H12BrN3OS/c14-11-7-16-13(19-11)17-12(18)10-6-15-5-8-3-1-2-4-9(8)10/h1-4,7,10,15H,5-6H2,(H,16,17,18). The number of nitrogens with zero attached hydrogens (tertiary/aromatic N) is 1. The first-order valence-electron chi connectivity index (χ1n) is 5.95. The molecular formula is C13H12BrN3OS. The van der Waals surface area contributed by atoms with Gasteiger partial charge in [-0.15, -0.1) is 0 Å². The molecule has 1 atom stereocenters. The fourth-order valence-corrected chi connectivity index (χ4v) is 3.34. The van der Waals surface area contributed by atoms with E-state index in [1.54, 1.807) is 6.20 Å². The number of nitrogens with one attached hydrogen (secondary N) is 2. The molecule has 3 rings (SSSR count). The number of thiazole rings is 1. The van der Waals surface area contributed by atoms with Crippen LogP contribution in [-0.4, -0.2) is 17.4 Å². The highest BCUT2D eigenvalue weighted by Gasteiger charge is 2.26. The van der Waals surface area contributed by atoms with Gasteiger partial charge in [0, 0.05) is 13.1 Å². The van der Waals surface area contributed by atoms with Crippen molar-refractivity contribution >= 4 is 38.3 Å². The summed E-state index contributed by atoms with van der Waals surface area (Å²) < 4.78 is 0.907. The fraction of sp³-hybridized carbons (Fsp3) is 0.231. The summed E-state index contributed by atoms with van der Waals surface area (Å²) in [5, 5.41) is 6.77. The Kier molecular flexibility index (Phi) is 3.63. The van der Waals surface area contributed by atoms with Crippen molar-refractivity contribution in [2.45, 2.75) is 12.5 Å². The number of fused-ring (bicyclic) bond motifs is 1. The third-order valence-electron chi connectivity index (χ3n) is 3.12. The summed E-state index contributed by atoms with van der Waals surface area (Å²) >= 11 is 4.75. The fourth-order valence-electron chi connectivity index (χ4n) is 2.23. The average Bonchev–Trinajstić information content (AvgIpc) is 2.83. The van der Waals surface area contributed by atoms with Gasteiger partial charge in [-0.05, 0) is 27.1 Å². The molecule has 0 saturated heterocycles. The molecule has 1 amide bonds. The van der Waals surface area contributed by atoms with Gasteiger partial charge in [0.1, 0.15) is 0 Å². The topological polar surface area (TPSA) is 54.0 Å². The van der Waals surface area contributed by atoms with E-state index >= 15 is 0 Å². The van der Waals surface area contributed by atoms with Gasteiger partial charge in [0.15, 0.2) is 5.13 Å². The highest BCUT2D eigenvalue weighted by atomic mass is 79.9. The lowest BCUT2D eigenvalue weighted by atomic mass is 9.90. The van der Waals surface area contributed by atoms with Gasteiger partial charge in [0.2, 0.25) is 5.91 Å². The molecule has 0 aliphatic carbocycles. The van der Waals surface area contributed by atoms with Crippen LogP contribution in [0.2, 0.25) is 0 Å². The molecule has 0 bridgehead atoms. The van der Waals surface area contributed by atoms with E-state index in [9.17, 15) is 4.79 Å². The summed E-state index contributed by atoms with van der Waals surface area (Å²) in [5.74, 6) is -0.172. The maximum Gasteiger partial charge on any atom is 0.235 e. The zero-order valence-corrected chi connectivity index (χ0v) is 12.4. The first kappa shape index (κ1) is 12.8. The Hall–Kier alpha value is -1.24. The lowest BCUT2D eigenvalue weighted by molar-refractivity contribution is -0.117. The molecular weight excluding hydrogens is 326 g/mol. The second kappa shape index (κ2) is 5.40. The number of aromatic nitrogens is 1. The van der Waals surface area contributed by atoms with Crippen molar-refractivity contribution in [3.8, 4) is 0 Å². The Morgan fingerprint density at radius 2 is 2.32 bits per heavy atom. The van der Waals surface area contributed by atoms with Crippen LogP contribution in [0.4, 0.5) is 5.13 Å². The van der Waals surface area contributed by atoms with E-state index in [4.69, 9.17) is 0 Å². The summed E-state index contributed by atoms with van der Waals surface area (Å²) in [4.78, 5) is 16.5.